The lowest BCUT2D eigenvalue weighted by Crippen LogP contribution is -2.43. The molecule has 1 N–H and O–H groups in total. The van der Waals surface area contributed by atoms with Crippen LogP contribution in [0.3, 0.4) is 0 Å². The van der Waals surface area contributed by atoms with Crippen molar-refractivity contribution in [1.82, 2.24) is 10.4 Å². The fourth-order valence-corrected chi connectivity index (χ4v) is 1.14. The Morgan fingerprint density at radius 3 is 2.67 bits per heavy atom. The van der Waals surface area contributed by atoms with E-state index in [0.717, 1.165) is 18.0 Å². The molecule has 1 fully saturated rings. The van der Waals surface area contributed by atoms with Gasteiger partial charge < -0.3 is 15.6 Å². The number of nitrogens with zero attached hydrogens (tertiary/aromatic N) is 1. The highest BCUT2D eigenvalue weighted by Gasteiger charge is 2.09. The van der Waals surface area contributed by atoms with Crippen molar-refractivity contribution in [1.29, 1.82) is 0 Å². The monoisotopic (exact) mass is 129 g/mol. The average molecular weight is 129 g/mol. The lowest BCUT2D eigenvalue weighted by Gasteiger charge is -2.36. The summed E-state index contributed by atoms with van der Waals surface area (Å²) in [5, 5.41) is 14.8. The average Bonchev–Trinajstić information content (AvgIpc) is 1.90. The summed E-state index contributed by atoms with van der Waals surface area (Å²) in [6.45, 7) is 0.997. The van der Waals surface area contributed by atoms with Crippen molar-refractivity contribution in [3.8, 4) is 0 Å². The molecule has 1 heterocycles. The predicted octanol–water partition coefficient (Wildman–Crippen LogP) is 0.516. The zero-order chi connectivity index (χ0) is 6.69. The number of nitrogens with one attached hydrogen (secondary N) is 1. The van der Waals surface area contributed by atoms with E-state index in [9.17, 15) is 5.21 Å². The second kappa shape index (κ2) is 3.15. The maximum absolute atomic E-state index is 10.7. The van der Waals surface area contributed by atoms with E-state index in [1.807, 2.05) is 0 Å². The third-order valence-electron chi connectivity index (χ3n) is 1.72. The first kappa shape index (κ1) is 6.99. The summed E-state index contributed by atoms with van der Waals surface area (Å²) in [7, 11) is 1.57. The Balaban J connectivity index is 2.23. The van der Waals surface area contributed by atoms with E-state index in [1.54, 1.807) is 7.05 Å². The molecule has 0 saturated carbocycles. The van der Waals surface area contributed by atoms with Gasteiger partial charge in [0.2, 0.25) is 0 Å². The normalized spacial score (nSPS) is 29.0. The van der Waals surface area contributed by atoms with Crippen LogP contribution in [0.2, 0.25) is 0 Å². The predicted molar refractivity (Wildman–Crippen MR) is 36.8 cm³/mol. The van der Waals surface area contributed by atoms with E-state index >= 15 is 0 Å². The van der Waals surface area contributed by atoms with Gasteiger partial charge in [0.15, 0.2) is 0 Å². The van der Waals surface area contributed by atoms with Crippen LogP contribution in [0.5, 0.6) is 0 Å². The second-order valence-corrected chi connectivity index (χ2v) is 2.51. The molecule has 0 aromatic heterocycles. The molecule has 1 unspecified atom stereocenters. The largest absolute Gasteiger partial charge is 0.784 e. The standard InChI is InChI=1S/C6H13N2O/c1-8(9)6-4-2-3-5-7-6/h6-7H,2-5H2,1H3/q-1. The van der Waals surface area contributed by atoms with Gasteiger partial charge in [-0.1, -0.05) is 0 Å². The molecule has 0 radical (unpaired) electrons. The van der Waals surface area contributed by atoms with Gasteiger partial charge in [-0.25, -0.2) is 0 Å². The molecule has 3 heteroatoms. The molecular formula is C6H13N2O-. The summed E-state index contributed by atoms with van der Waals surface area (Å²) in [6, 6.07) is 0. The molecule has 54 valence electrons. The Kier molecular flexibility index (Phi) is 2.45. The van der Waals surface area contributed by atoms with Crippen LogP contribution >= 0.6 is 0 Å². The Hall–Kier alpha value is -0.120. The molecule has 0 spiro atoms. The Morgan fingerprint density at radius 2 is 2.33 bits per heavy atom. The summed E-state index contributed by atoms with van der Waals surface area (Å²) < 4.78 is 0. The summed E-state index contributed by atoms with van der Waals surface area (Å²) in [6.07, 6.45) is 3.48. The molecule has 0 bridgehead atoms. The lowest BCUT2D eigenvalue weighted by atomic mass is 10.1. The van der Waals surface area contributed by atoms with Crippen LogP contribution < -0.4 is 5.32 Å². The Bertz CT molecular complexity index is 79.1. The zero-order valence-corrected chi connectivity index (χ0v) is 5.76. The molecule has 0 aromatic carbocycles. The van der Waals surface area contributed by atoms with Crippen LogP contribution in [0.1, 0.15) is 19.3 Å². The molecule has 9 heavy (non-hydrogen) atoms. The fourth-order valence-electron chi connectivity index (χ4n) is 1.14. The van der Waals surface area contributed by atoms with Gasteiger partial charge in [0.1, 0.15) is 0 Å². The molecule has 1 aliphatic heterocycles. The first-order valence-electron chi connectivity index (χ1n) is 3.44. The number of rotatable bonds is 1. The second-order valence-electron chi connectivity index (χ2n) is 2.51. The van der Waals surface area contributed by atoms with Crippen molar-refractivity contribution in [3.05, 3.63) is 5.21 Å². The maximum atomic E-state index is 10.7. The smallest absolute Gasteiger partial charge is 0.0480 e. The van der Waals surface area contributed by atoms with Gasteiger partial charge in [0.25, 0.3) is 0 Å². The summed E-state index contributed by atoms with van der Waals surface area (Å²) >= 11 is 0. The van der Waals surface area contributed by atoms with Gasteiger partial charge in [-0.15, -0.1) is 0 Å². The first-order valence-corrected chi connectivity index (χ1v) is 3.44. The number of hydrogen-bond donors (Lipinski definition) is 1. The van der Waals surface area contributed by atoms with Crippen LogP contribution in [0, 0.1) is 5.21 Å². The molecule has 1 aliphatic rings. The summed E-state index contributed by atoms with van der Waals surface area (Å²) in [5.41, 5.74) is 0. The van der Waals surface area contributed by atoms with Crippen molar-refractivity contribution in [2.24, 2.45) is 0 Å². The molecule has 1 atom stereocenters. The van der Waals surface area contributed by atoms with Crippen molar-refractivity contribution < 1.29 is 0 Å². The molecule has 3 nitrogen and oxygen atoms in total. The van der Waals surface area contributed by atoms with Crippen LogP contribution in [0.15, 0.2) is 0 Å². The van der Waals surface area contributed by atoms with Gasteiger partial charge in [-0.2, -0.15) is 0 Å². The van der Waals surface area contributed by atoms with Gasteiger partial charge in [-0.3, -0.25) is 0 Å². The minimum Gasteiger partial charge on any atom is -0.784 e. The highest BCUT2D eigenvalue weighted by atomic mass is 16.5. The number of piperidine rings is 1. The Labute approximate surface area is 55.6 Å². The highest BCUT2D eigenvalue weighted by molar-refractivity contribution is 4.71. The summed E-state index contributed by atoms with van der Waals surface area (Å²) in [5.74, 6) is 0. The van der Waals surface area contributed by atoms with E-state index in [0.29, 0.717) is 0 Å². The minimum atomic E-state index is 0.0822. The maximum Gasteiger partial charge on any atom is 0.0480 e. The number of hydrogen-bond acceptors (Lipinski definition) is 3. The van der Waals surface area contributed by atoms with E-state index in [-0.39, 0.29) is 6.17 Å². The van der Waals surface area contributed by atoms with Crippen LogP contribution in [0.4, 0.5) is 0 Å². The quantitative estimate of drug-likeness (QED) is 0.524. The van der Waals surface area contributed by atoms with Crippen LogP contribution in [-0.2, 0) is 0 Å². The third kappa shape index (κ3) is 1.93. The number of hydroxylamine groups is 2. The SMILES string of the molecule is CN([O-])C1CCCCN1. The molecule has 1 rings (SSSR count). The van der Waals surface area contributed by atoms with Crippen molar-refractivity contribution in [3.63, 3.8) is 0 Å². The Morgan fingerprint density at radius 1 is 1.56 bits per heavy atom. The van der Waals surface area contributed by atoms with Crippen molar-refractivity contribution >= 4 is 0 Å². The highest BCUT2D eigenvalue weighted by Crippen LogP contribution is 2.07. The lowest BCUT2D eigenvalue weighted by molar-refractivity contribution is 0.229. The van der Waals surface area contributed by atoms with E-state index in [2.05, 4.69) is 5.32 Å². The van der Waals surface area contributed by atoms with Crippen LogP contribution in [-0.4, -0.2) is 24.8 Å². The summed E-state index contributed by atoms with van der Waals surface area (Å²) in [4.78, 5) is 0. The molecule has 0 amide bonds. The third-order valence-corrected chi connectivity index (χ3v) is 1.72. The molecule has 1 saturated heterocycles. The minimum absolute atomic E-state index is 0.0822. The van der Waals surface area contributed by atoms with Gasteiger partial charge in [0, 0.05) is 6.17 Å². The van der Waals surface area contributed by atoms with E-state index in [1.165, 1.54) is 12.8 Å². The van der Waals surface area contributed by atoms with Crippen molar-refractivity contribution in [2.45, 2.75) is 25.4 Å². The molecular weight excluding hydrogens is 116 g/mol. The van der Waals surface area contributed by atoms with Gasteiger partial charge >= 0.3 is 0 Å². The topological polar surface area (TPSA) is 38.3 Å². The molecule has 0 aliphatic carbocycles. The van der Waals surface area contributed by atoms with Crippen LogP contribution in [0.25, 0.3) is 0 Å². The van der Waals surface area contributed by atoms with E-state index in [4.69, 9.17) is 0 Å². The zero-order valence-electron chi connectivity index (χ0n) is 5.76. The molecule has 0 aromatic rings. The fraction of sp³-hybridized carbons (Fsp3) is 1.00. The van der Waals surface area contributed by atoms with Gasteiger partial charge in [-0.05, 0) is 32.9 Å². The van der Waals surface area contributed by atoms with E-state index < -0.39 is 0 Å². The van der Waals surface area contributed by atoms with Crippen molar-refractivity contribution in [2.75, 3.05) is 13.6 Å². The first-order chi connectivity index (χ1) is 4.30. The van der Waals surface area contributed by atoms with Gasteiger partial charge in [0.05, 0.1) is 0 Å².